The molecule has 2 atom stereocenters. The van der Waals surface area contributed by atoms with Crippen LogP contribution in [0, 0.1) is 22.7 Å². The van der Waals surface area contributed by atoms with E-state index in [0.29, 0.717) is 6.54 Å². The van der Waals surface area contributed by atoms with Crippen LogP contribution in [0.15, 0.2) is 0 Å². The zero-order valence-electron chi connectivity index (χ0n) is 9.62. The van der Waals surface area contributed by atoms with Crippen molar-refractivity contribution in [3.8, 4) is 0 Å². The average Bonchev–Trinajstić information content (AvgIpc) is 3.07. The number of carbonyl (C=O) groups is 2. The summed E-state index contributed by atoms with van der Waals surface area (Å²) in [6, 6.07) is 0. The SMILES string of the molecule is CC1(C)C2C(=O)N(CC3(CBr)CC3)C(=O)C21. The first-order valence-corrected chi connectivity index (χ1v) is 6.96. The lowest BCUT2D eigenvalue weighted by molar-refractivity contribution is -0.143. The van der Waals surface area contributed by atoms with Crippen molar-refractivity contribution in [1.82, 2.24) is 4.90 Å². The summed E-state index contributed by atoms with van der Waals surface area (Å²) < 4.78 is 0. The number of hydrogen-bond acceptors (Lipinski definition) is 2. The standard InChI is InChI=1S/C12H16BrNO2/c1-11(2)7-8(11)10(16)14(9(7)15)6-12(5-13)3-4-12/h7-8H,3-6H2,1-2H3. The summed E-state index contributed by atoms with van der Waals surface area (Å²) in [4.78, 5) is 25.7. The predicted molar refractivity (Wildman–Crippen MR) is 62.9 cm³/mol. The molecule has 1 saturated heterocycles. The summed E-state index contributed by atoms with van der Waals surface area (Å²) in [6.45, 7) is 4.68. The Kier molecular flexibility index (Phi) is 1.94. The van der Waals surface area contributed by atoms with Gasteiger partial charge in [-0.2, -0.15) is 0 Å². The van der Waals surface area contributed by atoms with E-state index >= 15 is 0 Å². The van der Waals surface area contributed by atoms with E-state index in [1.807, 2.05) is 13.8 Å². The van der Waals surface area contributed by atoms with Crippen LogP contribution < -0.4 is 0 Å². The zero-order valence-corrected chi connectivity index (χ0v) is 11.2. The number of hydrogen-bond donors (Lipinski definition) is 0. The van der Waals surface area contributed by atoms with E-state index in [9.17, 15) is 9.59 Å². The number of amides is 2. The quantitative estimate of drug-likeness (QED) is 0.586. The zero-order chi connectivity index (χ0) is 11.7. The molecule has 0 spiro atoms. The maximum absolute atomic E-state index is 12.1. The minimum atomic E-state index is -0.0736. The second-order valence-electron chi connectivity index (χ2n) is 6.17. The van der Waals surface area contributed by atoms with Gasteiger partial charge < -0.3 is 0 Å². The third-order valence-corrected chi connectivity index (χ3v) is 5.82. The Balaban J connectivity index is 1.76. The number of fused-ring (bicyclic) bond motifs is 1. The van der Waals surface area contributed by atoms with Crippen molar-refractivity contribution in [1.29, 1.82) is 0 Å². The van der Waals surface area contributed by atoms with Crippen molar-refractivity contribution in [2.45, 2.75) is 26.7 Å². The predicted octanol–water partition coefficient (Wildman–Crippen LogP) is 1.80. The van der Waals surface area contributed by atoms with Crippen molar-refractivity contribution in [2.75, 3.05) is 11.9 Å². The van der Waals surface area contributed by atoms with Gasteiger partial charge in [-0.15, -0.1) is 0 Å². The van der Waals surface area contributed by atoms with Gasteiger partial charge in [0.15, 0.2) is 0 Å². The molecule has 0 aromatic rings. The van der Waals surface area contributed by atoms with Gasteiger partial charge in [-0.3, -0.25) is 14.5 Å². The summed E-state index contributed by atoms with van der Waals surface area (Å²) >= 11 is 3.48. The number of imide groups is 1. The van der Waals surface area contributed by atoms with E-state index in [2.05, 4.69) is 15.9 Å². The molecular formula is C12H16BrNO2. The Labute approximate surface area is 104 Å². The summed E-state index contributed by atoms with van der Waals surface area (Å²) in [5.74, 6) is 0.108. The van der Waals surface area contributed by atoms with Gasteiger partial charge in [-0.05, 0) is 23.7 Å². The first-order chi connectivity index (χ1) is 7.43. The second kappa shape index (κ2) is 2.89. The molecule has 3 aliphatic rings. The normalized spacial score (nSPS) is 37.6. The van der Waals surface area contributed by atoms with Gasteiger partial charge in [0.05, 0.1) is 11.8 Å². The molecule has 0 N–H and O–H groups in total. The Morgan fingerprint density at radius 3 is 2.12 bits per heavy atom. The monoisotopic (exact) mass is 285 g/mol. The molecule has 3 fully saturated rings. The van der Waals surface area contributed by atoms with Crippen molar-refractivity contribution in [3.05, 3.63) is 0 Å². The van der Waals surface area contributed by atoms with Gasteiger partial charge >= 0.3 is 0 Å². The van der Waals surface area contributed by atoms with E-state index in [1.165, 1.54) is 4.90 Å². The lowest BCUT2D eigenvalue weighted by atomic mass is 10.0. The number of rotatable bonds is 3. The molecule has 0 radical (unpaired) electrons. The van der Waals surface area contributed by atoms with E-state index in [4.69, 9.17) is 0 Å². The lowest BCUT2D eigenvalue weighted by Gasteiger charge is -2.24. The number of carbonyl (C=O) groups excluding carboxylic acids is 2. The van der Waals surface area contributed by atoms with Crippen LogP contribution in [-0.4, -0.2) is 28.6 Å². The molecule has 2 saturated carbocycles. The Morgan fingerprint density at radius 1 is 1.25 bits per heavy atom. The van der Waals surface area contributed by atoms with Crippen molar-refractivity contribution in [2.24, 2.45) is 22.7 Å². The van der Waals surface area contributed by atoms with Gasteiger partial charge in [-0.1, -0.05) is 29.8 Å². The summed E-state index contributed by atoms with van der Waals surface area (Å²) in [6.07, 6.45) is 2.27. The van der Waals surface area contributed by atoms with Crippen LogP contribution >= 0.6 is 15.9 Å². The van der Waals surface area contributed by atoms with Crippen molar-refractivity contribution in [3.63, 3.8) is 0 Å². The number of halogens is 1. The first-order valence-electron chi connectivity index (χ1n) is 5.84. The number of nitrogens with zero attached hydrogens (tertiary/aromatic N) is 1. The summed E-state index contributed by atoms with van der Waals surface area (Å²) in [5, 5.41) is 0.899. The Bertz CT molecular complexity index is 362. The van der Waals surface area contributed by atoms with Crippen molar-refractivity contribution >= 4 is 27.7 Å². The van der Waals surface area contributed by atoms with E-state index in [0.717, 1.165) is 18.2 Å². The Hall–Kier alpha value is -0.380. The molecule has 88 valence electrons. The molecule has 2 unspecified atom stereocenters. The molecule has 16 heavy (non-hydrogen) atoms. The maximum Gasteiger partial charge on any atom is 0.233 e. The molecule has 0 aromatic carbocycles. The smallest absolute Gasteiger partial charge is 0.233 e. The summed E-state index contributed by atoms with van der Waals surface area (Å²) in [7, 11) is 0. The van der Waals surface area contributed by atoms with Gasteiger partial charge in [0.2, 0.25) is 11.8 Å². The van der Waals surface area contributed by atoms with Crippen LogP contribution in [0.3, 0.4) is 0 Å². The highest BCUT2D eigenvalue weighted by Crippen LogP contribution is 2.64. The fourth-order valence-corrected chi connectivity index (χ4v) is 3.74. The molecule has 0 bridgehead atoms. The molecule has 1 aliphatic heterocycles. The second-order valence-corrected chi connectivity index (χ2v) is 6.73. The lowest BCUT2D eigenvalue weighted by Crippen LogP contribution is -2.40. The Morgan fingerprint density at radius 2 is 1.75 bits per heavy atom. The third kappa shape index (κ3) is 1.19. The van der Waals surface area contributed by atoms with Gasteiger partial charge in [0.25, 0.3) is 0 Å². The van der Waals surface area contributed by atoms with Crippen LogP contribution in [0.25, 0.3) is 0 Å². The molecule has 3 nitrogen and oxygen atoms in total. The van der Waals surface area contributed by atoms with Gasteiger partial charge in [-0.25, -0.2) is 0 Å². The van der Waals surface area contributed by atoms with Crippen LogP contribution in [-0.2, 0) is 9.59 Å². The minimum absolute atomic E-state index is 0.0221. The van der Waals surface area contributed by atoms with E-state index < -0.39 is 0 Å². The fraction of sp³-hybridized carbons (Fsp3) is 0.833. The molecule has 3 rings (SSSR count). The molecule has 4 heteroatoms. The van der Waals surface area contributed by atoms with Gasteiger partial charge in [0.1, 0.15) is 0 Å². The third-order valence-electron chi connectivity index (χ3n) is 4.63. The van der Waals surface area contributed by atoms with E-state index in [1.54, 1.807) is 0 Å². The van der Waals surface area contributed by atoms with Crippen LogP contribution in [0.5, 0.6) is 0 Å². The molecule has 2 amide bonds. The fourth-order valence-electron chi connectivity index (χ4n) is 3.01. The van der Waals surface area contributed by atoms with Crippen LogP contribution in [0.4, 0.5) is 0 Å². The molecule has 2 aliphatic carbocycles. The van der Waals surface area contributed by atoms with Crippen LogP contribution in [0.1, 0.15) is 26.7 Å². The highest BCUT2D eigenvalue weighted by molar-refractivity contribution is 9.09. The largest absolute Gasteiger partial charge is 0.281 e. The highest BCUT2D eigenvalue weighted by Gasteiger charge is 2.72. The van der Waals surface area contributed by atoms with Crippen molar-refractivity contribution < 1.29 is 9.59 Å². The molecule has 0 aromatic heterocycles. The topological polar surface area (TPSA) is 37.4 Å². The average molecular weight is 286 g/mol. The number of likely N-dealkylation sites (tertiary alicyclic amines) is 1. The minimum Gasteiger partial charge on any atom is -0.281 e. The van der Waals surface area contributed by atoms with Crippen LogP contribution in [0.2, 0.25) is 0 Å². The number of alkyl halides is 1. The first kappa shape index (κ1) is 10.8. The van der Waals surface area contributed by atoms with Gasteiger partial charge in [0, 0.05) is 11.9 Å². The highest BCUT2D eigenvalue weighted by atomic mass is 79.9. The molecular weight excluding hydrogens is 270 g/mol. The molecule has 1 heterocycles. The van der Waals surface area contributed by atoms with E-state index in [-0.39, 0.29) is 34.5 Å². The number of piperidine rings is 1. The summed E-state index contributed by atoms with van der Waals surface area (Å²) in [5.41, 5.74) is 0.127. The maximum atomic E-state index is 12.1.